The van der Waals surface area contributed by atoms with Crippen molar-refractivity contribution in [2.45, 2.75) is 18.4 Å². The summed E-state index contributed by atoms with van der Waals surface area (Å²) in [7, 11) is 1.66. The largest absolute Gasteiger partial charge is 0.496 e. The minimum atomic E-state index is -0.281. The van der Waals surface area contributed by atoms with E-state index in [2.05, 4.69) is 21.2 Å². The van der Waals surface area contributed by atoms with E-state index in [0.717, 1.165) is 28.6 Å². The molecule has 0 aliphatic heterocycles. The Morgan fingerprint density at radius 1 is 1.14 bits per heavy atom. The van der Waals surface area contributed by atoms with Gasteiger partial charge in [0.2, 0.25) is 0 Å². The zero-order valence-electron chi connectivity index (χ0n) is 11.7. The predicted octanol–water partition coefficient (Wildman–Crippen LogP) is 3.88. The summed E-state index contributed by atoms with van der Waals surface area (Å²) in [5, 5.41) is 3.16. The van der Waals surface area contributed by atoms with E-state index in [4.69, 9.17) is 4.74 Å². The fraction of sp³-hybridized carbons (Fsp3) is 0.235. The Labute approximate surface area is 132 Å². The summed E-state index contributed by atoms with van der Waals surface area (Å²) in [4.78, 5) is 12.4. The van der Waals surface area contributed by atoms with Crippen LogP contribution >= 0.6 is 15.9 Å². The molecule has 0 atom stereocenters. The lowest BCUT2D eigenvalue weighted by molar-refractivity contribution is 0.0930. The average molecular weight is 346 g/mol. The molecule has 3 nitrogen and oxygen atoms in total. The van der Waals surface area contributed by atoms with Crippen LogP contribution in [-0.4, -0.2) is 13.0 Å². The Morgan fingerprint density at radius 2 is 1.81 bits per heavy atom. The van der Waals surface area contributed by atoms with Gasteiger partial charge in [0.15, 0.2) is 0 Å². The first kappa shape index (κ1) is 14.1. The second kappa shape index (κ2) is 5.53. The molecule has 0 heterocycles. The lowest BCUT2D eigenvalue weighted by atomic mass is 10.0. The first-order valence-corrected chi connectivity index (χ1v) is 7.65. The molecule has 3 rings (SSSR count). The molecule has 1 amide bonds. The van der Waals surface area contributed by atoms with Crippen LogP contribution in [0.2, 0.25) is 0 Å². The lowest BCUT2D eigenvalue weighted by Gasteiger charge is -2.20. The van der Waals surface area contributed by atoms with Crippen LogP contribution in [-0.2, 0) is 5.54 Å². The van der Waals surface area contributed by atoms with Crippen molar-refractivity contribution >= 4 is 21.8 Å². The molecule has 2 aromatic rings. The van der Waals surface area contributed by atoms with Gasteiger partial charge < -0.3 is 10.1 Å². The van der Waals surface area contributed by atoms with Crippen LogP contribution in [0.3, 0.4) is 0 Å². The van der Waals surface area contributed by atoms with Gasteiger partial charge >= 0.3 is 0 Å². The summed E-state index contributed by atoms with van der Waals surface area (Å²) in [6.45, 7) is 0. The third kappa shape index (κ3) is 2.81. The second-order valence-corrected chi connectivity index (χ2v) is 6.16. The highest BCUT2D eigenvalue weighted by atomic mass is 79.9. The number of methoxy groups -OCH3 is 1. The quantitative estimate of drug-likeness (QED) is 0.913. The number of hydrogen-bond acceptors (Lipinski definition) is 2. The van der Waals surface area contributed by atoms with Crippen LogP contribution in [0.4, 0.5) is 0 Å². The average Bonchev–Trinajstić information content (AvgIpc) is 3.28. The number of nitrogens with one attached hydrogen (secondary N) is 1. The maximum Gasteiger partial charge on any atom is 0.251 e. The smallest absolute Gasteiger partial charge is 0.251 e. The SMILES string of the molecule is COc1ccccc1C1(NC(=O)c2ccc(Br)cc2)CC1. The van der Waals surface area contributed by atoms with Crippen molar-refractivity contribution in [3.05, 3.63) is 64.1 Å². The first-order chi connectivity index (χ1) is 10.1. The zero-order valence-corrected chi connectivity index (χ0v) is 13.3. The number of carbonyl (C=O) groups excluding carboxylic acids is 1. The molecule has 1 aliphatic carbocycles. The van der Waals surface area contributed by atoms with Crippen LogP contribution in [0.5, 0.6) is 5.75 Å². The highest BCUT2D eigenvalue weighted by Gasteiger charge is 2.47. The molecule has 0 unspecified atom stereocenters. The molecule has 0 radical (unpaired) electrons. The molecule has 1 N–H and O–H groups in total. The van der Waals surface area contributed by atoms with Gasteiger partial charge in [-0.2, -0.15) is 0 Å². The monoisotopic (exact) mass is 345 g/mol. The fourth-order valence-electron chi connectivity index (χ4n) is 2.52. The Hall–Kier alpha value is -1.81. The van der Waals surface area contributed by atoms with Crippen LogP contribution in [0.15, 0.2) is 53.0 Å². The van der Waals surface area contributed by atoms with Crippen molar-refractivity contribution in [2.24, 2.45) is 0 Å². The van der Waals surface area contributed by atoms with Gasteiger partial charge in [-0.25, -0.2) is 0 Å². The molecule has 0 bridgehead atoms. The van der Waals surface area contributed by atoms with E-state index in [1.807, 2.05) is 48.5 Å². The summed E-state index contributed by atoms with van der Waals surface area (Å²) in [6.07, 6.45) is 1.88. The molecule has 4 heteroatoms. The third-order valence-corrected chi connectivity index (χ3v) is 4.36. The summed E-state index contributed by atoms with van der Waals surface area (Å²) >= 11 is 3.38. The predicted molar refractivity (Wildman–Crippen MR) is 85.5 cm³/mol. The van der Waals surface area contributed by atoms with Crippen LogP contribution < -0.4 is 10.1 Å². The number of hydrogen-bond donors (Lipinski definition) is 1. The molecule has 21 heavy (non-hydrogen) atoms. The normalized spacial score (nSPS) is 15.3. The Kier molecular flexibility index (Phi) is 3.72. The second-order valence-electron chi connectivity index (χ2n) is 5.24. The van der Waals surface area contributed by atoms with E-state index in [1.54, 1.807) is 7.11 Å². The number of carbonyl (C=O) groups is 1. The zero-order chi connectivity index (χ0) is 14.9. The van der Waals surface area contributed by atoms with Crippen molar-refractivity contribution in [3.8, 4) is 5.75 Å². The van der Waals surface area contributed by atoms with Gasteiger partial charge in [0.1, 0.15) is 5.75 Å². The van der Waals surface area contributed by atoms with E-state index < -0.39 is 0 Å². The minimum Gasteiger partial charge on any atom is -0.496 e. The van der Waals surface area contributed by atoms with Crippen molar-refractivity contribution in [2.75, 3.05) is 7.11 Å². The van der Waals surface area contributed by atoms with Gasteiger partial charge in [-0.05, 0) is 43.2 Å². The molecular formula is C17H16BrNO2. The van der Waals surface area contributed by atoms with Gasteiger partial charge in [0.25, 0.3) is 5.91 Å². The third-order valence-electron chi connectivity index (χ3n) is 3.83. The Bertz CT molecular complexity index is 663. The number of rotatable bonds is 4. The highest BCUT2D eigenvalue weighted by molar-refractivity contribution is 9.10. The molecule has 108 valence electrons. The van der Waals surface area contributed by atoms with E-state index in [0.29, 0.717) is 5.56 Å². The lowest BCUT2D eigenvalue weighted by Crippen LogP contribution is -2.35. The highest BCUT2D eigenvalue weighted by Crippen LogP contribution is 2.48. The van der Waals surface area contributed by atoms with E-state index in [-0.39, 0.29) is 11.4 Å². The number of halogens is 1. The number of ether oxygens (including phenoxy) is 1. The molecule has 1 aliphatic rings. The van der Waals surface area contributed by atoms with Crippen LogP contribution in [0.25, 0.3) is 0 Å². The molecule has 0 spiro atoms. The van der Waals surface area contributed by atoms with Gasteiger partial charge in [-0.15, -0.1) is 0 Å². The number of amides is 1. The molecule has 1 fully saturated rings. The van der Waals surface area contributed by atoms with Gasteiger partial charge in [-0.3, -0.25) is 4.79 Å². The number of benzene rings is 2. The van der Waals surface area contributed by atoms with Crippen LogP contribution in [0.1, 0.15) is 28.8 Å². The maximum absolute atomic E-state index is 12.4. The van der Waals surface area contributed by atoms with E-state index in [9.17, 15) is 4.79 Å². The molecule has 0 aromatic heterocycles. The van der Waals surface area contributed by atoms with Crippen molar-refractivity contribution < 1.29 is 9.53 Å². The maximum atomic E-state index is 12.4. The van der Waals surface area contributed by atoms with Crippen molar-refractivity contribution in [1.82, 2.24) is 5.32 Å². The standard InChI is InChI=1S/C17H16BrNO2/c1-21-15-5-3-2-4-14(15)17(10-11-17)19-16(20)12-6-8-13(18)9-7-12/h2-9H,10-11H2,1H3,(H,19,20). The van der Waals surface area contributed by atoms with Gasteiger partial charge in [-0.1, -0.05) is 34.1 Å². The summed E-state index contributed by atoms with van der Waals surface area (Å²) in [6, 6.07) is 15.2. The topological polar surface area (TPSA) is 38.3 Å². The molecule has 1 saturated carbocycles. The van der Waals surface area contributed by atoms with Crippen molar-refractivity contribution in [1.29, 1.82) is 0 Å². The van der Waals surface area contributed by atoms with E-state index in [1.165, 1.54) is 0 Å². The van der Waals surface area contributed by atoms with E-state index >= 15 is 0 Å². The van der Waals surface area contributed by atoms with Crippen molar-refractivity contribution in [3.63, 3.8) is 0 Å². The first-order valence-electron chi connectivity index (χ1n) is 6.86. The molecular weight excluding hydrogens is 330 g/mol. The number of para-hydroxylation sites is 1. The molecule has 2 aromatic carbocycles. The van der Waals surface area contributed by atoms with Gasteiger partial charge in [0.05, 0.1) is 12.6 Å². The fourth-order valence-corrected chi connectivity index (χ4v) is 2.78. The Balaban J connectivity index is 1.83. The molecule has 0 saturated heterocycles. The summed E-state index contributed by atoms with van der Waals surface area (Å²) in [5.74, 6) is 0.775. The Morgan fingerprint density at radius 3 is 2.43 bits per heavy atom. The summed E-state index contributed by atoms with van der Waals surface area (Å²) < 4.78 is 6.38. The summed E-state index contributed by atoms with van der Waals surface area (Å²) in [5.41, 5.74) is 1.44. The minimum absolute atomic E-state index is 0.0501. The van der Waals surface area contributed by atoms with Gasteiger partial charge in [0, 0.05) is 15.6 Å². The van der Waals surface area contributed by atoms with Crippen LogP contribution in [0, 0.1) is 0 Å².